The number of halogens is 1. The molecule has 0 bridgehead atoms. The van der Waals surface area contributed by atoms with Gasteiger partial charge < -0.3 is 10.1 Å². The van der Waals surface area contributed by atoms with Crippen molar-refractivity contribution in [1.82, 2.24) is 20.3 Å². The van der Waals surface area contributed by atoms with Crippen LogP contribution >= 0.6 is 15.9 Å². The first kappa shape index (κ1) is 11.0. The van der Waals surface area contributed by atoms with Crippen LogP contribution < -0.4 is 5.32 Å². The van der Waals surface area contributed by atoms with Gasteiger partial charge in [-0.15, -0.1) is 5.10 Å². The number of likely N-dealkylation sites (N-methyl/N-ethyl adjacent to an activating group) is 1. The van der Waals surface area contributed by atoms with E-state index in [1.54, 1.807) is 4.68 Å². The van der Waals surface area contributed by atoms with Gasteiger partial charge in [-0.1, -0.05) is 5.21 Å². The molecule has 84 valence electrons. The number of ether oxygens (including phenoxy) is 1. The van der Waals surface area contributed by atoms with Crippen molar-refractivity contribution in [3.8, 4) is 0 Å². The Labute approximate surface area is 97.3 Å². The number of hydrogen-bond donors (Lipinski definition) is 1. The Morgan fingerprint density at radius 2 is 2.47 bits per heavy atom. The van der Waals surface area contributed by atoms with E-state index in [0.717, 1.165) is 29.7 Å². The zero-order valence-electron chi connectivity index (χ0n) is 8.90. The van der Waals surface area contributed by atoms with Crippen molar-refractivity contribution in [1.29, 1.82) is 0 Å². The second-order valence-corrected chi connectivity index (χ2v) is 4.46. The van der Waals surface area contributed by atoms with E-state index in [1.807, 2.05) is 14.1 Å². The molecule has 0 saturated carbocycles. The zero-order chi connectivity index (χ0) is 10.8. The van der Waals surface area contributed by atoms with Crippen LogP contribution in [0, 0.1) is 0 Å². The van der Waals surface area contributed by atoms with Gasteiger partial charge >= 0.3 is 0 Å². The largest absolute Gasteiger partial charge is 0.376 e. The fraction of sp³-hybridized carbons (Fsp3) is 0.778. The fourth-order valence-electron chi connectivity index (χ4n) is 2.03. The van der Waals surface area contributed by atoms with E-state index in [2.05, 4.69) is 31.6 Å². The van der Waals surface area contributed by atoms with Crippen molar-refractivity contribution >= 4 is 15.9 Å². The lowest BCUT2D eigenvalue weighted by Gasteiger charge is -2.22. The molecule has 6 heteroatoms. The van der Waals surface area contributed by atoms with E-state index in [-0.39, 0.29) is 12.1 Å². The molecule has 1 aromatic heterocycles. The second-order valence-electron chi connectivity index (χ2n) is 3.71. The van der Waals surface area contributed by atoms with Gasteiger partial charge in [0.2, 0.25) is 0 Å². The standard InChI is InChI=1S/C9H15BrN4O/c1-11-7(6-4-3-5-15-6)8-9(10)12-13-14(8)2/h6-7,11H,3-5H2,1-2H3. The van der Waals surface area contributed by atoms with E-state index >= 15 is 0 Å². The third kappa shape index (κ3) is 2.07. The number of aryl methyl sites for hydroxylation is 1. The Kier molecular flexibility index (Phi) is 3.38. The molecule has 1 fully saturated rings. The highest BCUT2D eigenvalue weighted by Gasteiger charge is 2.30. The number of nitrogens with zero attached hydrogens (tertiary/aromatic N) is 3. The van der Waals surface area contributed by atoms with Crippen LogP contribution in [0.5, 0.6) is 0 Å². The van der Waals surface area contributed by atoms with Gasteiger partial charge in [-0.2, -0.15) is 0 Å². The van der Waals surface area contributed by atoms with Crippen LogP contribution in [0.4, 0.5) is 0 Å². The SMILES string of the molecule is CNC(c1c(Br)nnn1C)C1CCCO1. The molecular formula is C9H15BrN4O. The van der Waals surface area contributed by atoms with Gasteiger partial charge in [-0.3, -0.25) is 0 Å². The smallest absolute Gasteiger partial charge is 0.153 e. The summed E-state index contributed by atoms with van der Waals surface area (Å²) in [5.74, 6) is 0. The van der Waals surface area contributed by atoms with E-state index in [0.29, 0.717) is 0 Å². The highest BCUT2D eigenvalue weighted by molar-refractivity contribution is 9.10. The van der Waals surface area contributed by atoms with Crippen molar-refractivity contribution in [2.45, 2.75) is 25.0 Å². The fourth-order valence-corrected chi connectivity index (χ4v) is 2.61. The maximum absolute atomic E-state index is 5.69. The van der Waals surface area contributed by atoms with Gasteiger partial charge in [0.1, 0.15) is 0 Å². The van der Waals surface area contributed by atoms with Crippen LogP contribution in [0.2, 0.25) is 0 Å². The molecule has 2 unspecified atom stereocenters. The molecule has 1 saturated heterocycles. The zero-order valence-corrected chi connectivity index (χ0v) is 10.5. The maximum Gasteiger partial charge on any atom is 0.153 e. The van der Waals surface area contributed by atoms with Crippen LogP contribution in [-0.2, 0) is 11.8 Å². The van der Waals surface area contributed by atoms with Crippen LogP contribution in [0.1, 0.15) is 24.6 Å². The molecule has 15 heavy (non-hydrogen) atoms. The summed E-state index contributed by atoms with van der Waals surface area (Å²) in [6.07, 6.45) is 2.44. The highest BCUT2D eigenvalue weighted by Crippen LogP contribution is 2.29. The van der Waals surface area contributed by atoms with Gasteiger partial charge in [0, 0.05) is 13.7 Å². The van der Waals surface area contributed by atoms with Gasteiger partial charge in [-0.05, 0) is 35.8 Å². The minimum atomic E-state index is 0.155. The predicted molar refractivity (Wildman–Crippen MR) is 59.5 cm³/mol. The lowest BCUT2D eigenvalue weighted by molar-refractivity contribution is 0.0781. The van der Waals surface area contributed by atoms with E-state index in [1.165, 1.54) is 0 Å². The molecule has 0 aliphatic carbocycles. The van der Waals surface area contributed by atoms with Crippen molar-refractivity contribution in [2.75, 3.05) is 13.7 Å². The first-order valence-corrected chi connectivity index (χ1v) is 5.87. The Bertz CT molecular complexity index is 315. The summed E-state index contributed by atoms with van der Waals surface area (Å²) in [5, 5.41) is 11.2. The summed E-state index contributed by atoms with van der Waals surface area (Å²) in [5.41, 5.74) is 1.05. The van der Waals surface area contributed by atoms with Crippen molar-refractivity contribution in [3.63, 3.8) is 0 Å². The summed E-state index contributed by atoms with van der Waals surface area (Å²) in [7, 11) is 3.83. The monoisotopic (exact) mass is 274 g/mol. The topological polar surface area (TPSA) is 52.0 Å². The maximum atomic E-state index is 5.69. The lowest BCUT2D eigenvalue weighted by Crippen LogP contribution is -2.31. The van der Waals surface area contributed by atoms with Crippen LogP contribution in [-0.4, -0.2) is 34.8 Å². The Morgan fingerprint density at radius 3 is 2.93 bits per heavy atom. The molecule has 1 aromatic rings. The third-order valence-corrected chi connectivity index (χ3v) is 3.33. The average Bonchev–Trinajstić information content (AvgIpc) is 2.83. The van der Waals surface area contributed by atoms with Crippen LogP contribution in [0.25, 0.3) is 0 Å². The van der Waals surface area contributed by atoms with Crippen molar-refractivity contribution in [2.24, 2.45) is 7.05 Å². The Balaban J connectivity index is 2.25. The molecular weight excluding hydrogens is 260 g/mol. The molecule has 1 N–H and O–H groups in total. The average molecular weight is 275 g/mol. The minimum absolute atomic E-state index is 0.155. The number of rotatable bonds is 3. The molecule has 2 heterocycles. The van der Waals surface area contributed by atoms with Gasteiger partial charge in [-0.25, -0.2) is 4.68 Å². The normalized spacial score (nSPS) is 23.3. The van der Waals surface area contributed by atoms with E-state index in [9.17, 15) is 0 Å². The molecule has 1 aliphatic rings. The molecule has 0 amide bonds. The molecule has 2 atom stereocenters. The number of aromatic nitrogens is 3. The van der Waals surface area contributed by atoms with Crippen molar-refractivity contribution in [3.05, 3.63) is 10.3 Å². The summed E-state index contributed by atoms with van der Waals surface area (Å²) in [6.45, 7) is 0.853. The molecule has 0 spiro atoms. The van der Waals surface area contributed by atoms with Gasteiger partial charge in [0.05, 0.1) is 17.8 Å². The second kappa shape index (κ2) is 4.59. The summed E-state index contributed by atoms with van der Waals surface area (Å²) in [6, 6.07) is 0.155. The Hall–Kier alpha value is -0.460. The summed E-state index contributed by atoms with van der Waals surface area (Å²) >= 11 is 3.42. The number of nitrogens with one attached hydrogen (secondary N) is 1. The number of hydrogen-bond acceptors (Lipinski definition) is 4. The Morgan fingerprint density at radius 1 is 1.67 bits per heavy atom. The lowest BCUT2D eigenvalue weighted by atomic mass is 10.1. The summed E-state index contributed by atoms with van der Waals surface area (Å²) in [4.78, 5) is 0. The molecule has 0 aromatic carbocycles. The van der Waals surface area contributed by atoms with E-state index < -0.39 is 0 Å². The minimum Gasteiger partial charge on any atom is -0.376 e. The van der Waals surface area contributed by atoms with Crippen LogP contribution in [0.3, 0.4) is 0 Å². The quantitative estimate of drug-likeness (QED) is 0.894. The molecule has 5 nitrogen and oxygen atoms in total. The van der Waals surface area contributed by atoms with Crippen molar-refractivity contribution < 1.29 is 4.74 Å². The highest BCUT2D eigenvalue weighted by atomic mass is 79.9. The van der Waals surface area contributed by atoms with Crippen LogP contribution in [0.15, 0.2) is 4.60 Å². The molecule has 2 rings (SSSR count). The first-order valence-electron chi connectivity index (χ1n) is 5.08. The summed E-state index contributed by atoms with van der Waals surface area (Å²) < 4.78 is 8.26. The molecule has 1 aliphatic heterocycles. The first-order chi connectivity index (χ1) is 7.24. The van der Waals surface area contributed by atoms with Gasteiger partial charge in [0.15, 0.2) is 4.60 Å². The van der Waals surface area contributed by atoms with E-state index in [4.69, 9.17) is 4.74 Å². The third-order valence-electron chi connectivity index (χ3n) is 2.77. The predicted octanol–water partition coefficient (Wildman–Crippen LogP) is 1.02. The van der Waals surface area contributed by atoms with Gasteiger partial charge in [0.25, 0.3) is 0 Å². The molecule has 0 radical (unpaired) electrons.